The molecule has 21 heavy (non-hydrogen) atoms. The number of hydrogen-bond acceptors (Lipinski definition) is 2. The van der Waals surface area contributed by atoms with Gasteiger partial charge in [-0.1, -0.05) is 25.5 Å². The van der Waals surface area contributed by atoms with Crippen molar-refractivity contribution in [2.24, 2.45) is 0 Å². The summed E-state index contributed by atoms with van der Waals surface area (Å²) in [7, 11) is 0. The van der Waals surface area contributed by atoms with E-state index in [2.05, 4.69) is 21.8 Å². The zero-order valence-electron chi connectivity index (χ0n) is 13.0. The zero-order chi connectivity index (χ0) is 15.2. The SMILES string of the molecule is CCCC(C)NC(=O)c1ccc(Cn2ccnc2C)cc1. The minimum atomic E-state index is 0.00121. The molecule has 0 radical (unpaired) electrons. The minimum absolute atomic E-state index is 0.00121. The fraction of sp³-hybridized carbons (Fsp3) is 0.412. The van der Waals surface area contributed by atoms with Crippen molar-refractivity contribution in [2.45, 2.75) is 46.2 Å². The summed E-state index contributed by atoms with van der Waals surface area (Å²) in [6, 6.07) is 7.99. The van der Waals surface area contributed by atoms with Gasteiger partial charge in [-0.3, -0.25) is 4.79 Å². The van der Waals surface area contributed by atoms with E-state index in [1.165, 1.54) is 0 Å². The number of nitrogens with one attached hydrogen (secondary N) is 1. The number of imidazole rings is 1. The van der Waals surface area contributed by atoms with Gasteiger partial charge in [-0.25, -0.2) is 4.98 Å². The molecule has 1 atom stereocenters. The Morgan fingerprint density at radius 2 is 2.05 bits per heavy atom. The predicted molar refractivity (Wildman–Crippen MR) is 84.3 cm³/mol. The third-order valence-electron chi connectivity index (χ3n) is 3.59. The summed E-state index contributed by atoms with van der Waals surface area (Å²) in [4.78, 5) is 16.3. The van der Waals surface area contributed by atoms with Crippen molar-refractivity contribution in [3.63, 3.8) is 0 Å². The average molecular weight is 285 g/mol. The Morgan fingerprint density at radius 1 is 1.33 bits per heavy atom. The first-order valence-corrected chi connectivity index (χ1v) is 7.47. The molecule has 112 valence electrons. The molecule has 0 aliphatic heterocycles. The Bertz CT molecular complexity index is 586. The van der Waals surface area contributed by atoms with E-state index in [9.17, 15) is 4.79 Å². The molecule has 0 saturated carbocycles. The molecule has 1 N–H and O–H groups in total. The van der Waals surface area contributed by atoms with Gasteiger partial charge in [0.1, 0.15) is 5.82 Å². The summed E-state index contributed by atoms with van der Waals surface area (Å²) in [5, 5.41) is 3.02. The molecule has 0 aliphatic carbocycles. The number of carbonyl (C=O) groups is 1. The quantitative estimate of drug-likeness (QED) is 0.886. The lowest BCUT2D eigenvalue weighted by atomic mass is 10.1. The van der Waals surface area contributed by atoms with Crippen molar-refractivity contribution in [2.75, 3.05) is 0 Å². The van der Waals surface area contributed by atoms with Crippen molar-refractivity contribution in [1.29, 1.82) is 0 Å². The molecule has 1 aromatic carbocycles. The van der Waals surface area contributed by atoms with Crippen LogP contribution in [-0.4, -0.2) is 21.5 Å². The Morgan fingerprint density at radius 3 is 2.62 bits per heavy atom. The fourth-order valence-corrected chi connectivity index (χ4v) is 2.34. The number of amides is 1. The molecule has 0 fully saturated rings. The third-order valence-corrected chi connectivity index (χ3v) is 3.59. The molecule has 4 nitrogen and oxygen atoms in total. The summed E-state index contributed by atoms with van der Waals surface area (Å²) >= 11 is 0. The predicted octanol–water partition coefficient (Wildman–Crippen LogP) is 3.16. The van der Waals surface area contributed by atoms with E-state index in [1.54, 1.807) is 6.20 Å². The van der Waals surface area contributed by atoms with Crippen molar-refractivity contribution < 1.29 is 4.79 Å². The van der Waals surface area contributed by atoms with Crippen molar-refractivity contribution in [1.82, 2.24) is 14.9 Å². The van der Waals surface area contributed by atoms with Crippen LogP contribution in [0.15, 0.2) is 36.7 Å². The molecule has 2 rings (SSSR count). The van der Waals surface area contributed by atoms with Gasteiger partial charge in [-0.2, -0.15) is 0 Å². The third kappa shape index (κ3) is 4.18. The van der Waals surface area contributed by atoms with Crippen LogP contribution >= 0.6 is 0 Å². The van der Waals surface area contributed by atoms with Crippen molar-refractivity contribution >= 4 is 5.91 Å². The Kier molecular flexibility index (Phi) is 5.14. The number of carbonyl (C=O) groups excluding carboxylic acids is 1. The van der Waals surface area contributed by atoms with Crippen molar-refractivity contribution in [3.8, 4) is 0 Å². The highest BCUT2D eigenvalue weighted by molar-refractivity contribution is 5.94. The van der Waals surface area contributed by atoms with Crippen LogP contribution < -0.4 is 5.32 Å². The van der Waals surface area contributed by atoms with Gasteiger partial charge in [0.25, 0.3) is 5.91 Å². The van der Waals surface area contributed by atoms with Crippen molar-refractivity contribution in [3.05, 3.63) is 53.6 Å². The standard InChI is InChI=1S/C17H23N3O/c1-4-5-13(2)19-17(21)16-8-6-15(7-9-16)12-20-11-10-18-14(20)3/h6-11,13H,4-5,12H2,1-3H3,(H,19,21). The first-order chi connectivity index (χ1) is 10.1. The van der Waals surface area contributed by atoms with Crippen LogP contribution in [0.5, 0.6) is 0 Å². The summed E-state index contributed by atoms with van der Waals surface area (Å²) in [5.41, 5.74) is 1.87. The van der Waals surface area contributed by atoms with Crippen LogP contribution in [0, 0.1) is 6.92 Å². The summed E-state index contributed by atoms with van der Waals surface area (Å²) < 4.78 is 2.08. The van der Waals surface area contributed by atoms with E-state index >= 15 is 0 Å². The molecule has 0 bridgehead atoms. The molecule has 2 aromatic rings. The maximum atomic E-state index is 12.1. The largest absolute Gasteiger partial charge is 0.350 e. The van der Waals surface area contributed by atoms with Crippen LogP contribution in [0.2, 0.25) is 0 Å². The second-order valence-electron chi connectivity index (χ2n) is 5.46. The van der Waals surface area contributed by atoms with E-state index in [-0.39, 0.29) is 11.9 Å². The molecule has 0 spiro atoms. The topological polar surface area (TPSA) is 46.9 Å². The minimum Gasteiger partial charge on any atom is -0.350 e. The van der Waals surface area contributed by atoms with Gasteiger partial charge < -0.3 is 9.88 Å². The Hall–Kier alpha value is -2.10. The molecule has 0 aliphatic rings. The Balaban J connectivity index is 1.98. The number of aromatic nitrogens is 2. The molecule has 1 aromatic heterocycles. The fourth-order valence-electron chi connectivity index (χ4n) is 2.34. The maximum Gasteiger partial charge on any atom is 0.251 e. The second-order valence-corrected chi connectivity index (χ2v) is 5.46. The molecule has 0 saturated heterocycles. The highest BCUT2D eigenvalue weighted by Gasteiger charge is 2.09. The van der Waals surface area contributed by atoms with Gasteiger partial charge >= 0.3 is 0 Å². The average Bonchev–Trinajstić information content (AvgIpc) is 2.85. The normalized spacial score (nSPS) is 12.1. The molecule has 1 unspecified atom stereocenters. The summed E-state index contributed by atoms with van der Waals surface area (Å²) in [5.74, 6) is 0.992. The monoisotopic (exact) mass is 285 g/mol. The first kappa shape index (κ1) is 15.3. The molecule has 1 amide bonds. The van der Waals surface area contributed by atoms with E-state index in [0.29, 0.717) is 5.56 Å². The number of rotatable bonds is 6. The van der Waals surface area contributed by atoms with Crippen LogP contribution in [0.3, 0.4) is 0 Å². The van der Waals surface area contributed by atoms with Gasteiger partial charge in [0.15, 0.2) is 0 Å². The molecule has 1 heterocycles. The number of aryl methyl sites for hydroxylation is 1. The lowest BCUT2D eigenvalue weighted by Gasteiger charge is -2.13. The van der Waals surface area contributed by atoms with Gasteiger partial charge in [0.05, 0.1) is 0 Å². The number of benzene rings is 1. The van der Waals surface area contributed by atoms with Crippen LogP contribution in [0.4, 0.5) is 0 Å². The highest BCUT2D eigenvalue weighted by Crippen LogP contribution is 2.08. The summed E-state index contributed by atoms with van der Waals surface area (Å²) in [6.07, 6.45) is 5.84. The van der Waals surface area contributed by atoms with E-state index < -0.39 is 0 Å². The second kappa shape index (κ2) is 7.07. The Labute approximate surface area is 126 Å². The molecular formula is C17H23N3O. The van der Waals surface area contributed by atoms with Crippen LogP contribution in [0.1, 0.15) is 48.4 Å². The first-order valence-electron chi connectivity index (χ1n) is 7.47. The van der Waals surface area contributed by atoms with Gasteiger partial charge in [0.2, 0.25) is 0 Å². The number of nitrogens with zero attached hydrogens (tertiary/aromatic N) is 2. The lowest BCUT2D eigenvalue weighted by Crippen LogP contribution is -2.32. The van der Waals surface area contributed by atoms with Crippen LogP contribution in [-0.2, 0) is 6.54 Å². The van der Waals surface area contributed by atoms with Gasteiger partial charge in [-0.05, 0) is 38.0 Å². The molecular weight excluding hydrogens is 262 g/mol. The van der Waals surface area contributed by atoms with Gasteiger partial charge in [-0.15, -0.1) is 0 Å². The van der Waals surface area contributed by atoms with Crippen LogP contribution in [0.25, 0.3) is 0 Å². The number of hydrogen-bond donors (Lipinski definition) is 1. The highest BCUT2D eigenvalue weighted by atomic mass is 16.1. The maximum absolute atomic E-state index is 12.1. The smallest absolute Gasteiger partial charge is 0.251 e. The lowest BCUT2D eigenvalue weighted by molar-refractivity contribution is 0.0938. The van der Waals surface area contributed by atoms with E-state index in [1.807, 2.05) is 44.3 Å². The van der Waals surface area contributed by atoms with E-state index in [0.717, 1.165) is 30.8 Å². The van der Waals surface area contributed by atoms with E-state index in [4.69, 9.17) is 0 Å². The summed E-state index contributed by atoms with van der Waals surface area (Å²) in [6.45, 7) is 6.92. The zero-order valence-corrected chi connectivity index (χ0v) is 13.0. The molecule has 4 heteroatoms. The van der Waals surface area contributed by atoms with Gasteiger partial charge in [0, 0.05) is 30.5 Å².